The third-order valence-electron chi connectivity index (χ3n) is 2.30. The fourth-order valence-electron chi connectivity index (χ4n) is 1.30. The highest BCUT2D eigenvalue weighted by Crippen LogP contribution is 2.26. The Bertz CT molecular complexity index is 589. The van der Waals surface area contributed by atoms with E-state index in [1.54, 1.807) is 23.5 Å². The fourth-order valence-corrected chi connectivity index (χ4v) is 1.67. The SMILES string of the molecule is O=C(/C=C/c1cccc(Cl)c1Cl)NCC(=O)NCC(F)(F)F. The zero-order valence-electron chi connectivity index (χ0n) is 11.0. The van der Waals surface area contributed by atoms with E-state index in [2.05, 4.69) is 5.32 Å². The van der Waals surface area contributed by atoms with Gasteiger partial charge in [0.25, 0.3) is 0 Å². The molecule has 120 valence electrons. The maximum Gasteiger partial charge on any atom is 0.405 e. The van der Waals surface area contributed by atoms with Crippen LogP contribution in [0.25, 0.3) is 6.08 Å². The smallest absolute Gasteiger partial charge is 0.345 e. The molecule has 4 nitrogen and oxygen atoms in total. The number of carbonyl (C=O) groups excluding carboxylic acids is 2. The van der Waals surface area contributed by atoms with Gasteiger partial charge in [0, 0.05) is 6.08 Å². The van der Waals surface area contributed by atoms with Crippen molar-refractivity contribution in [3.8, 4) is 0 Å². The molecule has 0 heterocycles. The van der Waals surface area contributed by atoms with Crippen LogP contribution in [-0.4, -0.2) is 31.1 Å². The first kappa shape index (κ1) is 18.3. The molecular formula is C13H11Cl2F3N2O2. The molecular weight excluding hydrogens is 344 g/mol. The van der Waals surface area contributed by atoms with E-state index < -0.39 is 31.1 Å². The van der Waals surface area contributed by atoms with Crippen molar-refractivity contribution in [2.24, 2.45) is 0 Å². The molecule has 0 aliphatic rings. The van der Waals surface area contributed by atoms with Gasteiger partial charge < -0.3 is 10.6 Å². The van der Waals surface area contributed by atoms with E-state index in [4.69, 9.17) is 23.2 Å². The first-order valence-corrected chi connectivity index (χ1v) is 6.68. The summed E-state index contributed by atoms with van der Waals surface area (Å²) in [5, 5.41) is 4.34. The van der Waals surface area contributed by atoms with Crippen molar-refractivity contribution in [1.82, 2.24) is 10.6 Å². The molecule has 0 fully saturated rings. The molecule has 0 radical (unpaired) electrons. The van der Waals surface area contributed by atoms with Crippen molar-refractivity contribution in [2.75, 3.05) is 13.1 Å². The summed E-state index contributed by atoms with van der Waals surface area (Å²) < 4.78 is 35.6. The largest absolute Gasteiger partial charge is 0.405 e. The van der Waals surface area contributed by atoms with E-state index in [1.807, 2.05) is 0 Å². The Balaban J connectivity index is 2.45. The van der Waals surface area contributed by atoms with Gasteiger partial charge in [0.1, 0.15) is 6.54 Å². The number of hydrogen-bond acceptors (Lipinski definition) is 2. The summed E-state index contributed by atoms with van der Waals surface area (Å²) in [5.41, 5.74) is 0.492. The van der Waals surface area contributed by atoms with E-state index in [9.17, 15) is 22.8 Å². The predicted molar refractivity (Wildman–Crippen MR) is 77.6 cm³/mol. The molecule has 0 aliphatic heterocycles. The monoisotopic (exact) mass is 354 g/mol. The highest BCUT2D eigenvalue weighted by molar-refractivity contribution is 6.42. The van der Waals surface area contributed by atoms with Gasteiger partial charge in [0.05, 0.1) is 16.6 Å². The van der Waals surface area contributed by atoms with Crippen LogP contribution in [0, 0.1) is 0 Å². The molecule has 2 amide bonds. The molecule has 1 aromatic rings. The first-order chi connectivity index (χ1) is 10.2. The minimum atomic E-state index is -4.50. The third kappa shape index (κ3) is 6.82. The molecule has 22 heavy (non-hydrogen) atoms. The van der Waals surface area contributed by atoms with Gasteiger partial charge in [-0.25, -0.2) is 0 Å². The second-order valence-electron chi connectivity index (χ2n) is 4.09. The van der Waals surface area contributed by atoms with E-state index in [1.165, 1.54) is 6.08 Å². The molecule has 0 unspecified atom stereocenters. The number of hydrogen-bond donors (Lipinski definition) is 2. The fraction of sp³-hybridized carbons (Fsp3) is 0.231. The highest BCUT2D eigenvalue weighted by Gasteiger charge is 2.27. The zero-order chi connectivity index (χ0) is 16.8. The molecule has 9 heteroatoms. The van der Waals surface area contributed by atoms with Gasteiger partial charge in [0.2, 0.25) is 11.8 Å². The van der Waals surface area contributed by atoms with E-state index in [-0.39, 0.29) is 5.02 Å². The van der Waals surface area contributed by atoms with Crippen LogP contribution in [0.2, 0.25) is 10.0 Å². The molecule has 0 atom stereocenters. The van der Waals surface area contributed by atoms with Crippen LogP contribution in [0.1, 0.15) is 5.56 Å². The van der Waals surface area contributed by atoms with Crippen molar-refractivity contribution < 1.29 is 22.8 Å². The van der Waals surface area contributed by atoms with Gasteiger partial charge >= 0.3 is 6.18 Å². The normalized spacial score (nSPS) is 11.5. The van der Waals surface area contributed by atoms with Crippen molar-refractivity contribution in [2.45, 2.75) is 6.18 Å². The summed E-state index contributed by atoms with van der Waals surface area (Å²) in [6.45, 7) is -2.02. The minimum absolute atomic E-state index is 0.260. The van der Waals surface area contributed by atoms with E-state index in [0.717, 1.165) is 6.08 Å². The molecule has 0 aliphatic carbocycles. The lowest BCUT2D eigenvalue weighted by Crippen LogP contribution is -2.40. The standard InChI is InChI=1S/C13H11Cl2F3N2O2/c14-9-3-1-2-8(12(9)15)4-5-10(21)19-6-11(22)20-7-13(16,17)18/h1-5H,6-7H2,(H,19,21)(H,20,22)/b5-4+. The molecule has 0 bridgehead atoms. The van der Waals surface area contributed by atoms with Gasteiger partial charge in [-0.1, -0.05) is 35.3 Å². The molecule has 2 N–H and O–H groups in total. The second-order valence-corrected chi connectivity index (χ2v) is 4.87. The number of rotatable bonds is 5. The van der Waals surface area contributed by atoms with Crippen molar-refractivity contribution in [1.29, 1.82) is 0 Å². The van der Waals surface area contributed by atoms with Crippen LogP contribution in [-0.2, 0) is 9.59 Å². The van der Waals surface area contributed by atoms with Crippen LogP contribution >= 0.6 is 23.2 Å². The van der Waals surface area contributed by atoms with Gasteiger partial charge in [-0.3, -0.25) is 9.59 Å². The van der Waals surface area contributed by atoms with Crippen molar-refractivity contribution in [3.63, 3.8) is 0 Å². The lowest BCUT2D eigenvalue weighted by Gasteiger charge is -2.08. The van der Waals surface area contributed by atoms with Crippen molar-refractivity contribution >= 4 is 41.1 Å². The molecule has 0 saturated carbocycles. The van der Waals surface area contributed by atoms with Crippen LogP contribution in [0.5, 0.6) is 0 Å². The Morgan fingerprint density at radius 2 is 1.86 bits per heavy atom. The summed E-state index contributed by atoms with van der Waals surface area (Å²) >= 11 is 11.7. The average Bonchev–Trinajstić information content (AvgIpc) is 2.43. The lowest BCUT2D eigenvalue weighted by molar-refractivity contribution is -0.138. The number of amides is 2. The predicted octanol–water partition coefficient (Wildman–Crippen LogP) is 2.80. The number of alkyl halides is 3. The molecule has 0 aromatic heterocycles. The second kappa shape index (κ2) is 8.05. The minimum Gasteiger partial charge on any atom is -0.345 e. The van der Waals surface area contributed by atoms with Crippen LogP contribution < -0.4 is 10.6 Å². The van der Waals surface area contributed by atoms with E-state index in [0.29, 0.717) is 10.6 Å². The van der Waals surface area contributed by atoms with E-state index >= 15 is 0 Å². The zero-order valence-corrected chi connectivity index (χ0v) is 12.5. The average molecular weight is 355 g/mol. The lowest BCUT2D eigenvalue weighted by atomic mass is 10.2. The maximum absolute atomic E-state index is 11.9. The molecule has 0 spiro atoms. The van der Waals surface area contributed by atoms with Gasteiger partial charge in [-0.15, -0.1) is 0 Å². The van der Waals surface area contributed by atoms with Gasteiger partial charge in [0.15, 0.2) is 0 Å². The van der Waals surface area contributed by atoms with Gasteiger partial charge in [-0.05, 0) is 17.7 Å². The summed E-state index contributed by atoms with van der Waals surface area (Å²) in [4.78, 5) is 22.5. The first-order valence-electron chi connectivity index (χ1n) is 5.92. The Morgan fingerprint density at radius 3 is 2.50 bits per heavy atom. The molecule has 1 rings (SSSR count). The maximum atomic E-state index is 11.9. The quantitative estimate of drug-likeness (QED) is 0.798. The summed E-state index contributed by atoms with van der Waals surface area (Å²) in [6, 6.07) is 4.83. The Hall–Kier alpha value is -1.73. The summed E-state index contributed by atoms with van der Waals surface area (Å²) in [5.74, 6) is -1.60. The Labute approximate surface area is 134 Å². The topological polar surface area (TPSA) is 58.2 Å². The molecule has 0 saturated heterocycles. The number of nitrogens with one attached hydrogen (secondary N) is 2. The van der Waals surface area contributed by atoms with Crippen LogP contribution in [0.4, 0.5) is 13.2 Å². The number of halogens is 5. The summed E-state index contributed by atoms with van der Waals surface area (Å²) in [7, 11) is 0. The highest BCUT2D eigenvalue weighted by atomic mass is 35.5. The van der Waals surface area contributed by atoms with Crippen LogP contribution in [0.3, 0.4) is 0 Å². The Morgan fingerprint density at radius 1 is 1.18 bits per heavy atom. The van der Waals surface area contributed by atoms with Crippen LogP contribution in [0.15, 0.2) is 24.3 Å². The third-order valence-corrected chi connectivity index (χ3v) is 3.14. The molecule has 1 aromatic carbocycles. The Kier molecular flexibility index (Phi) is 6.70. The van der Waals surface area contributed by atoms with Gasteiger partial charge in [-0.2, -0.15) is 13.2 Å². The summed E-state index contributed by atoms with van der Waals surface area (Å²) in [6.07, 6.45) is -2.03. The number of carbonyl (C=O) groups is 2. The number of benzene rings is 1. The van der Waals surface area contributed by atoms with Crippen molar-refractivity contribution in [3.05, 3.63) is 39.9 Å².